The summed E-state index contributed by atoms with van der Waals surface area (Å²) in [6, 6.07) is 2.97. The van der Waals surface area contributed by atoms with Crippen LogP contribution in [0.3, 0.4) is 0 Å². The summed E-state index contributed by atoms with van der Waals surface area (Å²) in [5.74, 6) is 0.315. The van der Waals surface area contributed by atoms with E-state index in [2.05, 4.69) is 15.0 Å². The number of thioether (sulfide) groups is 2. The van der Waals surface area contributed by atoms with E-state index in [0.717, 1.165) is 0 Å². The van der Waals surface area contributed by atoms with E-state index >= 15 is 0 Å². The Bertz CT molecular complexity index is 964. The molecule has 11 heteroatoms. The normalized spacial score (nSPS) is 13.3. The molecule has 2 N–H and O–H groups in total. The summed E-state index contributed by atoms with van der Waals surface area (Å²) < 4.78 is 44.3. The molecule has 0 saturated heterocycles. The van der Waals surface area contributed by atoms with Gasteiger partial charge in [-0.3, -0.25) is 0 Å². The van der Waals surface area contributed by atoms with Crippen LogP contribution in [-0.4, -0.2) is 21.2 Å². The van der Waals surface area contributed by atoms with Crippen molar-refractivity contribution in [2.24, 2.45) is 0 Å². The lowest BCUT2D eigenvalue weighted by Gasteiger charge is -2.12. The third kappa shape index (κ3) is 3.86. The highest BCUT2D eigenvalue weighted by Crippen LogP contribution is 2.41. The van der Waals surface area contributed by atoms with Crippen molar-refractivity contribution in [1.29, 1.82) is 0 Å². The fourth-order valence-electron chi connectivity index (χ4n) is 2.24. The van der Waals surface area contributed by atoms with Crippen LogP contribution in [0.5, 0.6) is 0 Å². The van der Waals surface area contributed by atoms with Crippen LogP contribution < -0.4 is 5.73 Å². The molecule has 26 heavy (non-hydrogen) atoms. The molecule has 0 fully saturated rings. The first-order valence-electron chi connectivity index (χ1n) is 7.19. The lowest BCUT2D eigenvalue weighted by Crippen LogP contribution is -2.04. The van der Waals surface area contributed by atoms with Crippen molar-refractivity contribution < 1.29 is 17.6 Å². The molecule has 5 nitrogen and oxygen atoms in total. The van der Waals surface area contributed by atoms with Crippen LogP contribution in [-0.2, 0) is 6.18 Å². The zero-order chi connectivity index (χ0) is 19.1. The van der Waals surface area contributed by atoms with Crippen molar-refractivity contribution in [2.75, 3.05) is 12.0 Å². The maximum Gasteiger partial charge on any atom is 0.420 e. The van der Waals surface area contributed by atoms with Crippen LogP contribution >= 0.6 is 35.1 Å². The number of furan rings is 1. The summed E-state index contributed by atoms with van der Waals surface area (Å²) in [4.78, 5) is 12.6. The quantitative estimate of drug-likeness (QED) is 0.260. The minimum Gasteiger partial charge on any atom is -0.460 e. The van der Waals surface area contributed by atoms with Crippen LogP contribution in [0.1, 0.15) is 23.4 Å². The van der Waals surface area contributed by atoms with Crippen molar-refractivity contribution >= 4 is 51.9 Å². The summed E-state index contributed by atoms with van der Waals surface area (Å²) in [6.07, 6.45) is -2.05. The molecule has 0 amide bonds. The summed E-state index contributed by atoms with van der Waals surface area (Å²) >= 11 is 8.65. The molecule has 0 aromatic carbocycles. The number of alkyl halides is 3. The van der Waals surface area contributed by atoms with Crippen LogP contribution in [0.4, 0.5) is 19.0 Å². The van der Waals surface area contributed by atoms with E-state index in [0.29, 0.717) is 28.0 Å². The molecule has 1 atom stereocenters. The van der Waals surface area contributed by atoms with Crippen molar-refractivity contribution in [3.63, 3.8) is 0 Å². The maximum atomic E-state index is 13.1. The second-order valence-corrected chi connectivity index (χ2v) is 7.73. The Morgan fingerprint density at radius 3 is 2.62 bits per heavy atom. The summed E-state index contributed by atoms with van der Waals surface area (Å²) in [6.45, 7) is 1.77. The van der Waals surface area contributed by atoms with Crippen LogP contribution in [0.2, 0.25) is 5.15 Å². The summed E-state index contributed by atoms with van der Waals surface area (Å²) in [7, 11) is 0. The summed E-state index contributed by atoms with van der Waals surface area (Å²) in [5.41, 5.74) is 5.13. The predicted octanol–water partition coefficient (Wildman–Crippen LogP) is 5.45. The van der Waals surface area contributed by atoms with Gasteiger partial charge in [-0.2, -0.15) is 13.2 Å². The molecule has 0 bridgehead atoms. The van der Waals surface area contributed by atoms with Gasteiger partial charge < -0.3 is 10.2 Å². The van der Waals surface area contributed by atoms with Crippen LogP contribution in [0, 0.1) is 0 Å². The molecule has 0 spiro atoms. The Labute approximate surface area is 159 Å². The standard InChI is InChI=1S/C15H12ClF3N4OS2/c1-6(26-14-22-10(20)4-11(23-14)25-2)9-3-7-8(15(17,18)19)5-24-12(7)13(16)21-9/h3-6H,1-2H3,(H2,20,22,23). The average Bonchev–Trinajstić information content (AvgIpc) is 2.98. The number of pyridine rings is 1. The lowest BCUT2D eigenvalue weighted by atomic mass is 10.1. The van der Waals surface area contributed by atoms with Gasteiger partial charge in [0.2, 0.25) is 0 Å². The molecule has 3 rings (SSSR count). The molecule has 0 radical (unpaired) electrons. The second-order valence-electron chi connectivity index (χ2n) is 5.24. The highest BCUT2D eigenvalue weighted by atomic mass is 35.5. The molecule has 138 valence electrons. The first-order valence-corrected chi connectivity index (χ1v) is 9.67. The number of nitrogens with two attached hydrogens (primary N) is 1. The van der Waals surface area contributed by atoms with Gasteiger partial charge in [0.15, 0.2) is 15.9 Å². The molecule has 0 aliphatic carbocycles. The molecule has 0 aliphatic heterocycles. The zero-order valence-corrected chi connectivity index (χ0v) is 15.9. The molecule has 0 aliphatic rings. The number of rotatable bonds is 4. The van der Waals surface area contributed by atoms with E-state index in [1.807, 2.05) is 6.26 Å². The largest absolute Gasteiger partial charge is 0.460 e. The summed E-state index contributed by atoms with van der Waals surface area (Å²) in [5, 5.41) is 0.493. The SMILES string of the molecule is CSc1cc(N)nc(SC(C)c2cc3c(C(F)(F)F)coc3c(Cl)n2)n1. The van der Waals surface area contributed by atoms with E-state index in [1.54, 1.807) is 13.0 Å². The Balaban J connectivity index is 1.98. The van der Waals surface area contributed by atoms with Gasteiger partial charge in [0, 0.05) is 11.5 Å². The minimum atomic E-state index is -4.55. The Kier molecular flexibility index (Phi) is 5.27. The Morgan fingerprint density at radius 2 is 1.96 bits per heavy atom. The Hall–Kier alpha value is -1.65. The molecular formula is C15H12ClF3N4OS2. The number of nitrogens with zero attached hydrogens (tertiary/aromatic N) is 3. The number of fused-ring (bicyclic) bond motifs is 1. The molecule has 3 aromatic rings. The third-order valence-electron chi connectivity index (χ3n) is 3.45. The van der Waals surface area contributed by atoms with Gasteiger partial charge >= 0.3 is 6.18 Å². The third-order valence-corrected chi connectivity index (χ3v) is 5.32. The first kappa shape index (κ1) is 19.1. The number of hydrogen-bond donors (Lipinski definition) is 1. The maximum absolute atomic E-state index is 13.1. The highest BCUT2D eigenvalue weighted by Gasteiger charge is 2.35. The minimum absolute atomic E-state index is 0.0928. The number of nitrogen functional groups attached to an aromatic ring is 1. The van der Waals surface area contributed by atoms with E-state index in [-0.39, 0.29) is 21.4 Å². The van der Waals surface area contributed by atoms with Crippen molar-refractivity contribution in [3.05, 3.63) is 34.8 Å². The van der Waals surface area contributed by atoms with Gasteiger partial charge in [-0.25, -0.2) is 15.0 Å². The topological polar surface area (TPSA) is 77.8 Å². The van der Waals surface area contributed by atoms with Gasteiger partial charge in [-0.1, -0.05) is 23.4 Å². The fraction of sp³-hybridized carbons (Fsp3) is 0.267. The second kappa shape index (κ2) is 7.16. The zero-order valence-electron chi connectivity index (χ0n) is 13.5. The van der Waals surface area contributed by atoms with Crippen molar-refractivity contribution in [3.8, 4) is 0 Å². The Morgan fingerprint density at radius 1 is 1.23 bits per heavy atom. The van der Waals surface area contributed by atoms with E-state index in [9.17, 15) is 13.2 Å². The highest BCUT2D eigenvalue weighted by molar-refractivity contribution is 7.99. The van der Waals surface area contributed by atoms with E-state index in [4.69, 9.17) is 21.8 Å². The van der Waals surface area contributed by atoms with E-state index < -0.39 is 11.7 Å². The van der Waals surface area contributed by atoms with Gasteiger partial charge in [0.05, 0.1) is 10.9 Å². The van der Waals surface area contributed by atoms with Crippen molar-refractivity contribution in [2.45, 2.75) is 28.5 Å². The molecule has 1 unspecified atom stereocenters. The number of aromatic nitrogens is 3. The van der Waals surface area contributed by atoms with Gasteiger partial charge in [0.1, 0.15) is 22.7 Å². The smallest absolute Gasteiger partial charge is 0.420 e. The molecular weight excluding hydrogens is 409 g/mol. The predicted molar refractivity (Wildman–Crippen MR) is 96.5 cm³/mol. The van der Waals surface area contributed by atoms with E-state index in [1.165, 1.54) is 29.6 Å². The first-order chi connectivity index (χ1) is 12.2. The van der Waals surface area contributed by atoms with Crippen LogP contribution in [0.25, 0.3) is 11.0 Å². The number of anilines is 1. The van der Waals surface area contributed by atoms with Gasteiger partial charge in [-0.15, -0.1) is 11.8 Å². The fourth-order valence-corrected chi connectivity index (χ4v) is 3.82. The lowest BCUT2D eigenvalue weighted by molar-refractivity contribution is -0.136. The molecule has 3 aromatic heterocycles. The van der Waals surface area contributed by atoms with Crippen LogP contribution in [0.15, 0.2) is 33.0 Å². The van der Waals surface area contributed by atoms with Gasteiger partial charge in [0.25, 0.3) is 0 Å². The number of halogens is 4. The molecule has 3 heterocycles. The number of hydrogen-bond acceptors (Lipinski definition) is 7. The van der Waals surface area contributed by atoms with Gasteiger partial charge in [-0.05, 0) is 19.2 Å². The molecule has 0 saturated carbocycles. The average molecular weight is 421 g/mol. The monoisotopic (exact) mass is 420 g/mol. The van der Waals surface area contributed by atoms with Crippen molar-refractivity contribution in [1.82, 2.24) is 15.0 Å².